The molecule has 1 atom stereocenters. The van der Waals surface area contributed by atoms with Crippen molar-refractivity contribution in [3.63, 3.8) is 0 Å². The zero-order chi connectivity index (χ0) is 14.5. The number of nitrogens with two attached hydrogens (primary N) is 1. The van der Waals surface area contributed by atoms with Crippen molar-refractivity contribution < 1.29 is 9.90 Å². The summed E-state index contributed by atoms with van der Waals surface area (Å²) >= 11 is 0. The van der Waals surface area contributed by atoms with Crippen molar-refractivity contribution in [2.24, 2.45) is 5.73 Å². The molecule has 0 aliphatic rings. The monoisotopic (exact) mass is 275 g/mol. The van der Waals surface area contributed by atoms with Gasteiger partial charge in [0.05, 0.1) is 12.1 Å². The van der Waals surface area contributed by atoms with Gasteiger partial charge in [0.1, 0.15) is 11.9 Å². The minimum absolute atomic E-state index is 0.00189. The quantitative estimate of drug-likeness (QED) is 0.604. The average Bonchev–Trinajstić information content (AvgIpc) is 2.44. The Morgan fingerprint density at radius 1 is 1.35 bits per heavy atom. The number of aromatic nitrogens is 2. The Morgan fingerprint density at radius 3 is 2.80 bits per heavy atom. The van der Waals surface area contributed by atoms with Gasteiger partial charge in [-0.2, -0.15) is 4.98 Å². The van der Waals surface area contributed by atoms with Crippen LogP contribution in [0.5, 0.6) is 0 Å². The maximum atomic E-state index is 10.8. The number of rotatable bonds is 6. The highest BCUT2D eigenvalue weighted by atomic mass is 16.3. The molecule has 0 radical (unpaired) electrons. The minimum Gasteiger partial charge on any atom is -0.381 e. The summed E-state index contributed by atoms with van der Waals surface area (Å²) < 4.78 is 0. The van der Waals surface area contributed by atoms with E-state index in [-0.39, 0.29) is 6.54 Å². The first-order chi connectivity index (χ1) is 9.61. The molecule has 0 spiro atoms. The fourth-order valence-electron chi connectivity index (χ4n) is 1.74. The summed E-state index contributed by atoms with van der Waals surface area (Å²) in [7, 11) is 0. The van der Waals surface area contributed by atoms with Gasteiger partial charge in [-0.05, 0) is 19.1 Å². The Bertz CT molecular complexity index is 617. The predicted molar refractivity (Wildman–Crippen MR) is 77.4 cm³/mol. The van der Waals surface area contributed by atoms with E-state index in [9.17, 15) is 9.90 Å². The maximum absolute atomic E-state index is 10.8. The fourth-order valence-corrected chi connectivity index (χ4v) is 1.74. The van der Waals surface area contributed by atoms with E-state index in [2.05, 4.69) is 20.6 Å². The third kappa shape index (κ3) is 3.12. The van der Waals surface area contributed by atoms with E-state index in [1.54, 1.807) is 0 Å². The number of carbonyl (C=O) groups is 1. The van der Waals surface area contributed by atoms with Gasteiger partial charge in [-0.15, -0.1) is 0 Å². The standard InChI is InChI=1S/C13H17N5O2/c1-2-15-13-17-9-6-4-3-5-8(9)12(18-13)16-7-10(19)11(14)20/h3-6,10,19H,2,7H2,1H3,(H2,14,20)(H2,15,16,17,18). The Kier molecular flexibility index (Phi) is 4.31. The maximum Gasteiger partial charge on any atom is 0.248 e. The fraction of sp³-hybridized carbons (Fsp3) is 0.308. The molecule has 0 saturated heterocycles. The van der Waals surface area contributed by atoms with E-state index >= 15 is 0 Å². The highest BCUT2D eigenvalue weighted by molar-refractivity contribution is 5.90. The van der Waals surface area contributed by atoms with Gasteiger partial charge in [-0.3, -0.25) is 4.79 Å². The normalized spacial score (nSPS) is 12.1. The largest absolute Gasteiger partial charge is 0.381 e. The third-order valence-corrected chi connectivity index (χ3v) is 2.73. The lowest BCUT2D eigenvalue weighted by Gasteiger charge is -2.12. The Morgan fingerprint density at radius 2 is 2.10 bits per heavy atom. The van der Waals surface area contributed by atoms with Crippen molar-refractivity contribution >= 4 is 28.6 Å². The summed E-state index contributed by atoms with van der Waals surface area (Å²) in [6.07, 6.45) is -1.26. The van der Waals surface area contributed by atoms with Gasteiger partial charge in [0.25, 0.3) is 0 Å². The van der Waals surface area contributed by atoms with Crippen molar-refractivity contribution in [2.75, 3.05) is 23.7 Å². The van der Waals surface area contributed by atoms with Gasteiger partial charge < -0.3 is 21.5 Å². The molecule has 2 aromatic rings. The molecule has 0 aliphatic heterocycles. The molecule has 0 bridgehead atoms. The number of aliphatic hydroxyl groups is 1. The lowest BCUT2D eigenvalue weighted by atomic mass is 10.2. The zero-order valence-corrected chi connectivity index (χ0v) is 11.1. The number of hydrogen-bond acceptors (Lipinski definition) is 6. The second-order valence-corrected chi connectivity index (χ2v) is 4.24. The lowest BCUT2D eigenvalue weighted by Crippen LogP contribution is -2.34. The number of aliphatic hydroxyl groups excluding tert-OH is 1. The zero-order valence-electron chi connectivity index (χ0n) is 11.1. The number of benzene rings is 1. The van der Waals surface area contributed by atoms with Gasteiger partial charge in [-0.25, -0.2) is 4.98 Å². The molecule has 7 nitrogen and oxygen atoms in total. The molecule has 1 heterocycles. The minimum atomic E-state index is -1.26. The van der Waals surface area contributed by atoms with Gasteiger partial charge in [0.15, 0.2) is 0 Å². The third-order valence-electron chi connectivity index (χ3n) is 2.73. The number of nitrogens with one attached hydrogen (secondary N) is 2. The van der Waals surface area contributed by atoms with Gasteiger partial charge in [-0.1, -0.05) is 12.1 Å². The molecule has 0 aliphatic carbocycles. The SMILES string of the molecule is CCNc1nc(NCC(O)C(N)=O)c2ccccc2n1. The molecule has 1 amide bonds. The molecule has 1 aromatic heterocycles. The van der Waals surface area contributed by atoms with Crippen LogP contribution in [0, 0.1) is 0 Å². The summed E-state index contributed by atoms with van der Waals surface area (Å²) in [5.41, 5.74) is 5.79. The molecular weight excluding hydrogens is 258 g/mol. The molecule has 7 heteroatoms. The molecule has 106 valence electrons. The van der Waals surface area contributed by atoms with Crippen molar-refractivity contribution in [3.05, 3.63) is 24.3 Å². The van der Waals surface area contributed by atoms with Crippen LogP contribution < -0.4 is 16.4 Å². The highest BCUT2D eigenvalue weighted by Crippen LogP contribution is 2.21. The van der Waals surface area contributed by atoms with Crippen LogP contribution in [0.25, 0.3) is 10.9 Å². The molecule has 0 saturated carbocycles. The van der Waals surface area contributed by atoms with Crippen molar-refractivity contribution in [3.8, 4) is 0 Å². The second kappa shape index (κ2) is 6.16. The van der Waals surface area contributed by atoms with Crippen molar-refractivity contribution in [2.45, 2.75) is 13.0 Å². The van der Waals surface area contributed by atoms with Crippen LogP contribution in [-0.4, -0.2) is 40.2 Å². The van der Waals surface area contributed by atoms with Crippen molar-refractivity contribution in [1.82, 2.24) is 9.97 Å². The van der Waals surface area contributed by atoms with Gasteiger partial charge in [0.2, 0.25) is 11.9 Å². The van der Waals surface area contributed by atoms with Crippen LogP contribution in [0.15, 0.2) is 24.3 Å². The number of carbonyl (C=O) groups excluding carboxylic acids is 1. The van der Waals surface area contributed by atoms with Gasteiger partial charge in [0, 0.05) is 11.9 Å². The Balaban J connectivity index is 2.31. The van der Waals surface area contributed by atoms with Crippen LogP contribution in [0.2, 0.25) is 0 Å². The average molecular weight is 275 g/mol. The number of primary amides is 1. The molecule has 2 rings (SSSR count). The topological polar surface area (TPSA) is 113 Å². The summed E-state index contributed by atoms with van der Waals surface area (Å²) in [5.74, 6) is 0.261. The number of amides is 1. The smallest absolute Gasteiger partial charge is 0.248 e. The van der Waals surface area contributed by atoms with E-state index < -0.39 is 12.0 Å². The molecule has 1 aromatic carbocycles. The Labute approximate surface area is 116 Å². The van der Waals surface area contributed by atoms with Crippen molar-refractivity contribution in [1.29, 1.82) is 0 Å². The molecule has 1 unspecified atom stereocenters. The van der Waals surface area contributed by atoms with Crippen LogP contribution in [0.3, 0.4) is 0 Å². The number of anilines is 2. The number of hydrogen-bond donors (Lipinski definition) is 4. The summed E-state index contributed by atoms with van der Waals surface area (Å²) in [5, 5.41) is 16.2. The van der Waals surface area contributed by atoms with E-state index in [0.717, 1.165) is 10.9 Å². The van der Waals surface area contributed by atoms with E-state index in [1.165, 1.54) is 0 Å². The van der Waals surface area contributed by atoms with Crippen LogP contribution in [0.4, 0.5) is 11.8 Å². The molecule has 5 N–H and O–H groups in total. The first-order valence-corrected chi connectivity index (χ1v) is 6.33. The van der Waals surface area contributed by atoms with E-state index in [0.29, 0.717) is 18.3 Å². The molecular formula is C13H17N5O2. The number of para-hydroxylation sites is 1. The number of nitrogens with zero attached hydrogens (tertiary/aromatic N) is 2. The highest BCUT2D eigenvalue weighted by Gasteiger charge is 2.12. The second-order valence-electron chi connectivity index (χ2n) is 4.24. The van der Waals surface area contributed by atoms with E-state index in [4.69, 9.17) is 5.73 Å². The van der Waals surface area contributed by atoms with Crippen LogP contribution in [0.1, 0.15) is 6.92 Å². The Hall–Kier alpha value is -2.41. The summed E-state index contributed by atoms with van der Waals surface area (Å²) in [4.78, 5) is 19.5. The van der Waals surface area contributed by atoms with Crippen LogP contribution >= 0.6 is 0 Å². The molecule has 20 heavy (non-hydrogen) atoms. The first kappa shape index (κ1) is 14.0. The molecule has 0 fully saturated rings. The first-order valence-electron chi connectivity index (χ1n) is 6.33. The summed E-state index contributed by atoms with van der Waals surface area (Å²) in [6.45, 7) is 2.64. The van der Waals surface area contributed by atoms with Crippen LogP contribution in [-0.2, 0) is 4.79 Å². The van der Waals surface area contributed by atoms with Gasteiger partial charge >= 0.3 is 0 Å². The number of fused-ring (bicyclic) bond motifs is 1. The predicted octanol–water partition coefficient (Wildman–Crippen LogP) is 0.320. The van der Waals surface area contributed by atoms with E-state index in [1.807, 2.05) is 31.2 Å². The summed E-state index contributed by atoms with van der Waals surface area (Å²) in [6, 6.07) is 7.49. The lowest BCUT2D eigenvalue weighted by molar-refractivity contribution is -0.125.